The lowest BCUT2D eigenvalue weighted by Gasteiger charge is -2.15. The highest BCUT2D eigenvalue weighted by atomic mass is 31.2. The number of rotatable bonds is 40. The number of hydrogen-bond donors (Lipinski definition) is 3. The van der Waals surface area contributed by atoms with Gasteiger partial charge in [-0.1, -0.05) is 167 Å². The van der Waals surface area contributed by atoms with Gasteiger partial charge in [-0.15, -0.1) is 0 Å². The predicted molar refractivity (Wildman–Crippen MR) is 211 cm³/mol. The van der Waals surface area contributed by atoms with Crippen LogP contribution >= 0.6 is 7.82 Å². The molecule has 0 aliphatic rings. The van der Waals surface area contributed by atoms with Crippen molar-refractivity contribution >= 4 is 19.7 Å². The number of carbonyl (C=O) groups excluding carboxylic acids is 2. The largest absolute Gasteiger partial charge is 0.472 e. The molecule has 0 bridgehead atoms. The number of esters is 1. The number of carbonyl (C=O) groups is 2. The van der Waals surface area contributed by atoms with Gasteiger partial charge >= 0.3 is 13.8 Å². The molecule has 0 aromatic rings. The Labute approximate surface area is 313 Å². The SMILES string of the molecule is CCCCCC/C=C\CCCCCCCC(=O)NCCOP(=O)(O)OCC(O)COC(=O)CCCCCCCCCCCCCCCCCCC. The van der Waals surface area contributed by atoms with E-state index < -0.39 is 26.5 Å². The van der Waals surface area contributed by atoms with E-state index in [0.29, 0.717) is 6.42 Å². The summed E-state index contributed by atoms with van der Waals surface area (Å²) >= 11 is 0. The molecule has 0 spiro atoms. The van der Waals surface area contributed by atoms with Crippen molar-refractivity contribution in [2.24, 2.45) is 0 Å². The number of nitrogens with one attached hydrogen (secondary N) is 1. The molecule has 51 heavy (non-hydrogen) atoms. The molecule has 0 rings (SSSR count). The zero-order chi connectivity index (χ0) is 37.5. The average Bonchev–Trinajstić information content (AvgIpc) is 3.11. The van der Waals surface area contributed by atoms with Gasteiger partial charge < -0.3 is 20.1 Å². The van der Waals surface area contributed by atoms with Gasteiger partial charge in [-0.3, -0.25) is 18.6 Å². The third-order valence-electron chi connectivity index (χ3n) is 9.20. The Kier molecular flexibility index (Phi) is 37.5. The first-order valence-corrected chi connectivity index (χ1v) is 22.7. The molecule has 0 heterocycles. The Balaban J connectivity index is 3.58. The van der Waals surface area contributed by atoms with E-state index in [1.807, 2.05) is 0 Å². The van der Waals surface area contributed by atoms with Crippen LogP contribution in [0, 0.1) is 0 Å². The maximum Gasteiger partial charge on any atom is 0.472 e. The van der Waals surface area contributed by atoms with Crippen molar-refractivity contribution in [3.63, 3.8) is 0 Å². The zero-order valence-electron chi connectivity index (χ0n) is 33.1. The molecular formula is C41H80NO8P. The molecule has 0 fully saturated rings. The zero-order valence-corrected chi connectivity index (χ0v) is 34.0. The number of phosphoric ester groups is 1. The molecule has 2 atom stereocenters. The van der Waals surface area contributed by atoms with Crippen LogP contribution in [0.1, 0.15) is 206 Å². The topological polar surface area (TPSA) is 131 Å². The van der Waals surface area contributed by atoms with Crippen molar-refractivity contribution in [1.29, 1.82) is 0 Å². The van der Waals surface area contributed by atoms with Crippen molar-refractivity contribution in [1.82, 2.24) is 5.32 Å². The van der Waals surface area contributed by atoms with Crippen LogP contribution < -0.4 is 5.32 Å². The second kappa shape index (κ2) is 38.5. The number of ether oxygens (including phenoxy) is 1. The highest BCUT2D eigenvalue weighted by Gasteiger charge is 2.23. The lowest BCUT2D eigenvalue weighted by atomic mass is 10.0. The number of aliphatic hydroxyl groups is 1. The highest BCUT2D eigenvalue weighted by molar-refractivity contribution is 7.47. The molecule has 2 unspecified atom stereocenters. The standard InChI is InChI=1S/C41H80NO8P/c1-3-5-7-9-11-13-15-17-18-19-20-22-24-26-28-30-32-34-41(45)48-37-39(43)38-50-51(46,47)49-36-35-42-40(44)33-31-29-27-25-23-21-16-14-12-10-8-6-4-2/h14,16,39,43H,3-13,15,17-38H2,1-2H3,(H,42,44)(H,46,47)/b16-14-. The summed E-state index contributed by atoms with van der Waals surface area (Å²) in [7, 11) is -4.41. The fourth-order valence-electron chi connectivity index (χ4n) is 5.96. The summed E-state index contributed by atoms with van der Waals surface area (Å²) in [6.07, 6.45) is 38.5. The van der Waals surface area contributed by atoms with Crippen LogP contribution in [0.3, 0.4) is 0 Å². The van der Waals surface area contributed by atoms with Crippen LogP contribution in [0.5, 0.6) is 0 Å². The van der Waals surface area contributed by atoms with Gasteiger partial charge in [-0.25, -0.2) is 4.57 Å². The summed E-state index contributed by atoms with van der Waals surface area (Å²) in [4.78, 5) is 33.8. The summed E-state index contributed by atoms with van der Waals surface area (Å²) in [6, 6.07) is 0. The molecule has 302 valence electrons. The number of allylic oxidation sites excluding steroid dienone is 2. The number of amides is 1. The van der Waals surface area contributed by atoms with Gasteiger partial charge in [0.15, 0.2) is 0 Å². The minimum Gasteiger partial charge on any atom is -0.463 e. The molecule has 0 aliphatic carbocycles. The lowest BCUT2D eigenvalue weighted by Crippen LogP contribution is -2.27. The predicted octanol–water partition coefficient (Wildman–Crippen LogP) is 11.4. The fourth-order valence-corrected chi connectivity index (χ4v) is 6.72. The van der Waals surface area contributed by atoms with Gasteiger partial charge in [0.2, 0.25) is 5.91 Å². The summed E-state index contributed by atoms with van der Waals surface area (Å²) in [5.41, 5.74) is 0. The number of hydrogen-bond acceptors (Lipinski definition) is 7. The summed E-state index contributed by atoms with van der Waals surface area (Å²) in [6.45, 7) is 3.55. The van der Waals surface area contributed by atoms with Gasteiger partial charge in [0, 0.05) is 19.4 Å². The van der Waals surface area contributed by atoms with Crippen molar-refractivity contribution in [3.05, 3.63) is 12.2 Å². The molecule has 10 heteroatoms. The molecule has 3 N–H and O–H groups in total. The van der Waals surface area contributed by atoms with Crippen molar-refractivity contribution in [3.8, 4) is 0 Å². The minimum absolute atomic E-state index is 0.0804. The van der Waals surface area contributed by atoms with Gasteiger partial charge in [0.05, 0.1) is 13.2 Å². The van der Waals surface area contributed by atoms with E-state index >= 15 is 0 Å². The van der Waals surface area contributed by atoms with Crippen LogP contribution in [-0.4, -0.2) is 54.3 Å². The molecule has 0 aliphatic heterocycles. The van der Waals surface area contributed by atoms with Gasteiger partial charge in [0.25, 0.3) is 0 Å². The number of phosphoric acid groups is 1. The van der Waals surface area contributed by atoms with Crippen molar-refractivity contribution < 1.29 is 37.9 Å². The first kappa shape index (κ1) is 49.8. The van der Waals surface area contributed by atoms with Crippen LogP contribution in [0.25, 0.3) is 0 Å². The molecule has 9 nitrogen and oxygen atoms in total. The maximum atomic E-state index is 12.1. The molecule has 0 aromatic carbocycles. The van der Waals surface area contributed by atoms with Gasteiger partial charge in [0.1, 0.15) is 12.7 Å². The Morgan fingerprint density at radius 2 is 1.00 bits per heavy atom. The van der Waals surface area contributed by atoms with Crippen molar-refractivity contribution in [2.75, 3.05) is 26.4 Å². The van der Waals surface area contributed by atoms with E-state index in [4.69, 9.17) is 13.8 Å². The molecule has 0 radical (unpaired) electrons. The first-order chi connectivity index (χ1) is 24.8. The summed E-state index contributed by atoms with van der Waals surface area (Å²) in [5, 5.41) is 12.7. The van der Waals surface area contributed by atoms with E-state index in [0.717, 1.165) is 51.4 Å². The number of aliphatic hydroxyl groups excluding tert-OH is 1. The molecule has 0 saturated carbocycles. The van der Waals surface area contributed by atoms with E-state index in [9.17, 15) is 24.2 Å². The molecule has 0 aromatic heterocycles. The average molecular weight is 746 g/mol. The third kappa shape index (κ3) is 39.8. The quantitative estimate of drug-likeness (QED) is 0.0244. The van der Waals surface area contributed by atoms with Gasteiger partial charge in [-0.2, -0.15) is 0 Å². The maximum absolute atomic E-state index is 12.1. The monoisotopic (exact) mass is 746 g/mol. The van der Waals surface area contributed by atoms with E-state index in [1.165, 1.54) is 128 Å². The molecule has 1 amide bonds. The summed E-state index contributed by atoms with van der Waals surface area (Å²) < 4.78 is 26.8. The second-order valence-corrected chi connectivity index (χ2v) is 15.8. The Bertz CT molecular complexity index is 856. The Hall–Kier alpha value is -1.25. The van der Waals surface area contributed by atoms with Crippen LogP contribution in [0.2, 0.25) is 0 Å². The van der Waals surface area contributed by atoms with Gasteiger partial charge in [-0.05, 0) is 38.5 Å². The smallest absolute Gasteiger partial charge is 0.463 e. The first-order valence-electron chi connectivity index (χ1n) is 21.2. The van der Waals surface area contributed by atoms with E-state index in [1.54, 1.807) is 0 Å². The fraction of sp³-hybridized carbons (Fsp3) is 0.902. The van der Waals surface area contributed by atoms with Crippen molar-refractivity contribution in [2.45, 2.75) is 213 Å². The van der Waals surface area contributed by atoms with Crippen LogP contribution in [0.15, 0.2) is 12.2 Å². The third-order valence-corrected chi connectivity index (χ3v) is 10.2. The van der Waals surface area contributed by atoms with E-state index in [2.05, 4.69) is 31.3 Å². The normalized spacial score (nSPS) is 13.4. The van der Waals surface area contributed by atoms with E-state index in [-0.39, 0.29) is 32.1 Å². The lowest BCUT2D eigenvalue weighted by molar-refractivity contribution is -0.147. The van der Waals surface area contributed by atoms with Crippen LogP contribution in [0.4, 0.5) is 0 Å². The minimum atomic E-state index is -4.41. The second-order valence-electron chi connectivity index (χ2n) is 14.3. The summed E-state index contributed by atoms with van der Waals surface area (Å²) in [5.74, 6) is -0.518. The Morgan fingerprint density at radius 1 is 0.588 bits per heavy atom. The molecular weight excluding hydrogens is 665 g/mol. The molecule has 0 saturated heterocycles. The Morgan fingerprint density at radius 3 is 1.49 bits per heavy atom. The van der Waals surface area contributed by atoms with Crippen LogP contribution in [-0.2, 0) is 27.9 Å². The highest BCUT2D eigenvalue weighted by Crippen LogP contribution is 2.42. The number of unbranched alkanes of at least 4 members (excludes halogenated alkanes) is 25.